The molecular weight excluding hydrogens is 258 g/mol. The molecule has 1 aromatic rings. The maximum absolute atomic E-state index is 11.6. The molecule has 1 saturated heterocycles. The van der Waals surface area contributed by atoms with Gasteiger partial charge >= 0.3 is 0 Å². The van der Waals surface area contributed by atoms with E-state index in [0.717, 1.165) is 31.0 Å². The van der Waals surface area contributed by atoms with Gasteiger partial charge in [0.1, 0.15) is 0 Å². The highest BCUT2D eigenvalue weighted by molar-refractivity contribution is 7.99. The molecule has 0 radical (unpaired) electrons. The topological polar surface area (TPSA) is 84.1 Å². The van der Waals surface area contributed by atoms with E-state index in [2.05, 4.69) is 20.4 Å². The number of nitrogens with zero attached hydrogens (tertiary/aromatic N) is 3. The quantitative estimate of drug-likeness (QED) is 0.797. The van der Waals surface area contributed by atoms with E-state index in [4.69, 9.17) is 5.73 Å². The lowest BCUT2D eigenvalue weighted by molar-refractivity contribution is 0.0948. The standard InChI is InChI=1S/C9H15N5OS2/c10-9-13-12-8(17-9)7(15)11-1-2-14-3-5-16-6-4-14/h1-6H2,(H2,10,13)(H,11,15). The summed E-state index contributed by atoms with van der Waals surface area (Å²) in [5.41, 5.74) is 5.42. The first-order valence-corrected chi connectivity index (χ1v) is 7.40. The second kappa shape index (κ2) is 6.18. The SMILES string of the molecule is Nc1nnc(C(=O)NCCN2CCSCC2)s1. The summed E-state index contributed by atoms with van der Waals surface area (Å²) in [5, 5.41) is 10.8. The Labute approximate surface area is 108 Å². The number of nitrogens with one attached hydrogen (secondary N) is 1. The number of carbonyl (C=O) groups is 1. The number of anilines is 1. The summed E-state index contributed by atoms with van der Waals surface area (Å²) in [6.45, 7) is 3.74. The number of hydrogen-bond donors (Lipinski definition) is 2. The Kier molecular flexibility index (Phi) is 4.57. The smallest absolute Gasteiger partial charge is 0.282 e. The maximum atomic E-state index is 11.6. The predicted molar refractivity (Wildman–Crippen MR) is 70.4 cm³/mol. The van der Waals surface area contributed by atoms with Crippen LogP contribution in [0.3, 0.4) is 0 Å². The molecular formula is C9H15N5OS2. The summed E-state index contributed by atoms with van der Waals surface area (Å²) >= 11 is 3.09. The first-order chi connectivity index (χ1) is 8.25. The molecule has 94 valence electrons. The minimum Gasteiger partial charge on any atom is -0.374 e. The Balaban J connectivity index is 1.69. The molecule has 2 heterocycles. The van der Waals surface area contributed by atoms with Crippen LogP contribution in [-0.4, -0.2) is 58.7 Å². The molecule has 3 N–H and O–H groups in total. The molecule has 17 heavy (non-hydrogen) atoms. The Morgan fingerprint density at radius 3 is 2.82 bits per heavy atom. The van der Waals surface area contributed by atoms with Gasteiger partial charge in [-0.2, -0.15) is 11.8 Å². The largest absolute Gasteiger partial charge is 0.374 e. The van der Waals surface area contributed by atoms with Crippen LogP contribution >= 0.6 is 23.1 Å². The van der Waals surface area contributed by atoms with E-state index in [1.165, 1.54) is 11.5 Å². The number of nitrogen functional groups attached to an aromatic ring is 1. The fourth-order valence-corrected chi connectivity index (χ4v) is 3.06. The third-order valence-electron chi connectivity index (χ3n) is 2.45. The molecule has 1 fully saturated rings. The first-order valence-electron chi connectivity index (χ1n) is 5.43. The number of carbonyl (C=O) groups excluding carboxylic acids is 1. The average Bonchev–Trinajstić information content (AvgIpc) is 2.77. The predicted octanol–water partition coefficient (Wildman–Crippen LogP) is -0.101. The minimum atomic E-state index is -0.189. The van der Waals surface area contributed by atoms with Crippen molar-refractivity contribution < 1.29 is 4.79 Å². The van der Waals surface area contributed by atoms with Crippen molar-refractivity contribution in [1.82, 2.24) is 20.4 Å². The Bertz CT molecular complexity index is 377. The van der Waals surface area contributed by atoms with Crippen molar-refractivity contribution in [1.29, 1.82) is 0 Å². The van der Waals surface area contributed by atoms with Gasteiger partial charge in [0.15, 0.2) is 0 Å². The Morgan fingerprint density at radius 1 is 1.41 bits per heavy atom. The highest BCUT2D eigenvalue weighted by Crippen LogP contribution is 2.10. The Morgan fingerprint density at radius 2 is 2.18 bits per heavy atom. The van der Waals surface area contributed by atoms with Crippen molar-refractivity contribution in [3.63, 3.8) is 0 Å². The second-order valence-corrected chi connectivity index (χ2v) is 5.89. The molecule has 2 rings (SSSR count). The third-order valence-corrected chi connectivity index (χ3v) is 4.15. The van der Waals surface area contributed by atoms with Gasteiger partial charge in [-0.05, 0) is 0 Å². The van der Waals surface area contributed by atoms with Gasteiger partial charge in [0.05, 0.1) is 0 Å². The molecule has 0 aromatic carbocycles. The van der Waals surface area contributed by atoms with Crippen molar-refractivity contribution >= 4 is 34.1 Å². The molecule has 0 unspecified atom stereocenters. The fourth-order valence-electron chi connectivity index (χ4n) is 1.55. The lowest BCUT2D eigenvalue weighted by Crippen LogP contribution is -2.39. The van der Waals surface area contributed by atoms with Crippen molar-refractivity contribution in [2.75, 3.05) is 43.4 Å². The molecule has 0 saturated carbocycles. The van der Waals surface area contributed by atoms with Crippen LogP contribution in [0.2, 0.25) is 0 Å². The highest BCUT2D eigenvalue weighted by atomic mass is 32.2. The van der Waals surface area contributed by atoms with Gasteiger partial charge in [-0.3, -0.25) is 9.69 Å². The van der Waals surface area contributed by atoms with E-state index in [9.17, 15) is 4.79 Å². The van der Waals surface area contributed by atoms with Gasteiger partial charge in [-0.25, -0.2) is 0 Å². The van der Waals surface area contributed by atoms with Gasteiger partial charge in [0.25, 0.3) is 5.91 Å². The van der Waals surface area contributed by atoms with Gasteiger partial charge in [-0.15, -0.1) is 10.2 Å². The summed E-state index contributed by atoms with van der Waals surface area (Å²) in [4.78, 5) is 14.0. The summed E-state index contributed by atoms with van der Waals surface area (Å²) < 4.78 is 0. The number of thioether (sulfide) groups is 1. The van der Waals surface area contributed by atoms with Crippen LogP contribution in [0.5, 0.6) is 0 Å². The van der Waals surface area contributed by atoms with Crippen LogP contribution in [0.15, 0.2) is 0 Å². The second-order valence-electron chi connectivity index (χ2n) is 3.66. The lowest BCUT2D eigenvalue weighted by Gasteiger charge is -2.25. The number of amides is 1. The van der Waals surface area contributed by atoms with Crippen molar-refractivity contribution in [2.24, 2.45) is 0 Å². The zero-order chi connectivity index (χ0) is 12.1. The normalized spacial score (nSPS) is 16.9. The molecule has 0 bridgehead atoms. The van der Waals surface area contributed by atoms with Crippen LogP contribution < -0.4 is 11.1 Å². The molecule has 1 aliphatic rings. The summed E-state index contributed by atoms with van der Waals surface area (Å²) in [5.74, 6) is 2.17. The maximum Gasteiger partial charge on any atom is 0.282 e. The minimum absolute atomic E-state index is 0.189. The van der Waals surface area contributed by atoms with Crippen molar-refractivity contribution in [3.8, 4) is 0 Å². The van der Waals surface area contributed by atoms with E-state index in [0.29, 0.717) is 16.7 Å². The number of hydrogen-bond acceptors (Lipinski definition) is 7. The molecule has 6 nitrogen and oxygen atoms in total. The van der Waals surface area contributed by atoms with E-state index in [-0.39, 0.29) is 5.91 Å². The van der Waals surface area contributed by atoms with Gasteiger partial charge in [0.2, 0.25) is 10.1 Å². The van der Waals surface area contributed by atoms with E-state index in [1.54, 1.807) is 0 Å². The summed E-state index contributed by atoms with van der Waals surface area (Å²) in [7, 11) is 0. The molecule has 0 aliphatic carbocycles. The Hall–Kier alpha value is -0.860. The lowest BCUT2D eigenvalue weighted by atomic mass is 10.4. The van der Waals surface area contributed by atoms with E-state index < -0.39 is 0 Å². The number of aromatic nitrogens is 2. The van der Waals surface area contributed by atoms with E-state index in [1.807, 2.05) is 11.8 Å². The number of nitrogens with two attached hydrogens (primary N) is 1. The fraction of sp³-hybridized carbons (Fsp3) is 0.667. The molecule has 1 amide bonds. The molecule has 1 aromatic heterocycles. The van der Waals surface area contributed by atoms with Crippen LogP contribution in [0.1, 0.15) is 9.80 Å². The molecule has 0 atom stereocenters. The molecule has 1 aliphatic heterocycles. The molecule has 8 heteroatoms. The zero-order valence-electron chi connectivity index (χ0n) is 9.39. The van der Waals surface area contributed by atoms with Crippen LogP contribution in [0, 0.1) is 0 Å². The van der Waals surface area contributed by atoms with Crippen LogP contribution in [0.25, 0.3) is 0 Å². The van der Waals surface area contributed by atoms with Crippen molar-refractivity contribution in [2.45, 2.75) is 0 Å². The number of rotatable bonds is 4. The van der Waals surface area contributed by atoms with Crippen LogP contribution in [0.4, 0.5) is 5.13 Å². The summed E-state index contributed by atoms with van der Waals surface area (Å²) in [6, 6.07) is 0. The average molecular weight is 273 g/mol. The zero-order valence-corrected chi connectivity index (χ0v) is 11.0. The third kappa shape index (κ3) is 3.83. The first kappa shape index (κ1) is 12.6. The van der Waals surface area contributed by atoms with Gasteiger partial charge < -0.3 is 11.1 Å². The van der Waals surface area contributed by atoms with Gasteiger partial charge in [0, 0.05) is 37.7 Å². The van der Waals surface area contributed by atoms with Gasteiger partial charge in [-0.1, -0.05) is 11.3 Å². The van der Waals surface area contributed by atoms with E-state index >= 15 is 0 Å². The molecule has 0 spiro atoms. The highest BCUT2D eigenvalue weighted by Gasteiger charge is 2.13. The summed E-state index contributed by atoms with van der Waals surface area (Å²) in [6.07, 6.45) is 0. The monoisotopic (exact) mass is 273 g/mol. The van der Waals surface area contributed by atoms with Crippen molar-refractivity contribution in [3.05, 3.63) is 5.01 Å². The van der Waals surface area contributed by atoms with Crippen LogP contribution in [-0.2, 0) is 0 Å².